The van der Waals surface area contributed by atoms with Crippen LogP contribution in [-0.2, 0) is 0 Å². The second kappa shape index (κ2) is 3.86. The van der Waals surface area contributed by atoms with Crippen LogP contribution in [0.4, 0.5) is 8.78 Å². The molecule has 0 aliphatic rings. The highest BCUT2D eigenvalue weighted by Gasteiger charge is 2.20. The molecule has 0 amide bonds. The van der Waals surface area contributed by atoms with Gasteiger partial charge in [-0.1, -0.05) is 12.1 Å². The van der Waals surface area contributed by atoms with Gasteiger partial charge < -0.3 is 5.11 Å². The maximum Gasteiger partial charge on any atom is 0.269 e. The molecule has 1 unspecified atom stereocenters. The number of aromatic nitrogens is 2. The van der Waals surface area contributed by atoms with E-state index < -0.39 is 12.5 Å². The Balaban J connectivity index is 2.47. The molecule has 1 atom stereocenters. The van der Waals surface area contributed by atoms with Crippen molar-refractivity contribution in [3.8, 4) is 0 Å². The van der Waals surface area contributed by atoms with Gasteiger partial charge in [-0.25, -0.2) is 13.8 Å². The molecule has 2 rings (SSSR count). The molecule has 0 aliphatic heterocycles. The Labute approximate surface area is 84.4 Å². The Morgan fingerprint density at radius 2 is 1.80 bits per heavy atom. The Bertz CT molecular complexity index is 476. The van der Waals surface area contributed by atoms with Gasteiger partial charge in [0.05, 0.1) is 22.9 Å². The largest absolute Gasteiger partial charge is 0.381 e. The van der Waals surface area contributed by atoms with Gasteiger partial charge in [-0.2, -0.15) is 0 Å². The van der Waals surface area contributed by atoms with Gasteiger partial charge in [-0.05, 0) is 12.1 Å². The minimum atomic E-state index is -2.85. The Morgan fingerprint density at radius 3 is 2.47 bits per heavy atom. The lowest BCUT2D eigenvalue weighted by Crippen LogP contribution is -2.10. The highest BCUT2D eigenvalue weighted by Crippen LogP contribution is 2.19. The van der Waals surface area contributed by atoms with Gasteiger partial charge in [-0.15, -0.1) is 0 Å². The van der Waals surface area contributed by atoms with Crippen molar-refractivity contribution in [2.75, 3.05) is 0 Å². The topological polar surface area (TPSA) is 46.0 Å². The van der Waals surface area contributed by atoms with E-state index in [-0.39, 0.29) is 5.69 Å². The summed E-state index contributed by atoms with van der Waals surface area (Å²) in [7, 11) is 0. The molecule has 1 aromatic carbocycles. The second-order valence-corrected chi connectivity index (χ2v) is 3.06. The molecule has 0 fully saturated rings. The average Bonchev–Trinajstić information content (AvgIpc) is 2.27. The normalized spacial score (nSPS) is 13.3. The van der Waals surface area contributed by atoms with Crippen LogP contribution in [0.15, 0.2) is 30.5 Å². The van der Waals surface area contributed by atoms with Crippen LogP contribution in [0.5, 0.6) is 0 Å². The Morgan fingerprint density at radius 1 is 1.13 bits per heavy atom. The zero-order valence-electron chi connectivity index (χ0n) is 7.64. The number of para-hydroxylation sites is 2. The fourth-order valence-corrected chi connectivity index (χ4v) is 1.24. The van der Waals surface area contributed by atoms with Crippen molar-refractivity contribution in [3.05, 3.63) is 36.2 Å². The maximum absolute atomic E-state index is 12.2. The number of hydrogen-bond donors (Lipinski definition) is 1. The van der Waals surface area contributed by atoms with E-state index in [4.69, 9.17) is 5.11 Å². The summed E-state index contributed by atoms with van der Waals surface area (Å²) in [5.41, 5.74) is 1.00. The molecule has 0 spiro atoms. The monoisotopic (exact) mass is 210 g/mol. The smallest absolute Gasteiger partial charge is 0.269 e. The van der Waals surface area contributed by atoms with Gasteiger partial charge in [0.15, 0.2) is 6.10 Å². The third-order valence-corrected chi connectivity index (χ3v) is 2.01. The first kappa shape index (κ1) is 9.92. The van der Waals surface area contributed by atoms with Crippen molar-refractivity contribution >= 4 is 11.0 Å². The summed E-state index contributed by atoms with van der Waals surface area (Å²) in [5.74, 6) is 0. The number of alkyl halides is 2. The first-order chi connectivity index (χ1) is 7.18. The fourth-order valence-electron chi connectivity index (χ4n) is 1.24. The molecule has 1 heterocycles. The van der Waals surface area contributed by atoms with Crippen LogP contribution in [0.2, 0.25) is 0 Å². The number of nitrogens with zero attached hydrogens (tertiary/aromatic N) is 2. The van der Waals surface area contributed by atoms with Crippen molar-refractivity contribution in [2.24, 2.45) is 0 Å². The van der Waals surface area contributed by atoms with Crippen molar-refractivity contribution in [3.63, 3.8) is 0 Å². The van der Waals surface area contributed by atoms with Crippen LogP contribution >= 0.6 is 0 Å². The lowest BCUT2D eigenvalue weighted by atomic mass is 10.2. The number of fused-ring (bicyclic) bond motifs is 1. The number of hydrogen-bond acceptors (Lipinski definition) is 3. The fraction of sp³-hybridized carbons (Fsp3) is 0.200. The molecule has 0 saturated carbocycles. The summed E-state index contributed by atoms with van der Waals surface area (Å²) in [5, 5.41) is 9.10. The third kappa shape index (κ3) is 1.92. The van der Waals surface area contributed by atoms with Crippen molar-refractivity contribution in [1.29, 1.82) is 0 Å². The Hall–Kier alpha value is -1.62. The Kier molecular flexibility index (Phi) is 2.55. The predicted molar refractivity (Wildman–Crippen MR) is 50.5 cm³/mol. The van der Waals surface area contributed by atoms with E-state index in [0.717, 1.165) is 0 Å². The van der Waals surface area contributed by atoms with Crippen LogP contribution in [-0.4, -0.2) is 21.5 Å². The molecule has 15 heavy (non-hydrogen) atoms. The lowest BCUT2D eigenvalue weighted by Gasteiger charge is -2.08. The van der Waals surface area contributed by atoms with Gasteiger partial charge in [-0.3, -0.25) is 4.98 Å². The standard InChI is InChI=1S/C10H8F2N2O/c11-10(12)9(15)8-5-13-6-3-1-2-4-7(6)14-8/h1-5,9-10,15H. The minimum Gasteiger partial charge on any atom is -0.381 e. The first-order valence-electron chi connectivity index (χ1n) is 4.36. The van der Waals surface area contributed by atoms with Crippen molar-refractivity contribution in [2.45, 2.75) is 12.5 Å². The van der Waals surface area contributed by atoms with Crippen molar-refractivity contribution < 1.29 is 13.9 Å². The van der Waals surface area contributed by atoms with Crippen LogP contribution in [0.25, 0.3) is 11.0 Å². The van der Waals surface area contributed by atoms with Crippen LogP contribution in [0.1, 0.15) is 11.8 Å². The molecule has 0 saturated heterocycles. The molecule has 0 aliphatic carbocycles. The quantitative estimate of drug-likeness (QED) is 0.823. The lowest BCUT2D eigenvalue weighted by molar-refractivity contribution is -0.00822. The number of rotatable bonds is 2. The number of halogens is 2. The van der Waals surface area contributed by atoms with Crippen molar-refractivity contribution in [1.82, 2.24) is 9.97 Å². The second-order valence-electron chi connectivity index (χ2n) is 3.06. The van der Waals surface area contributed by atoms with E-state index in [9.17, 15) is 8.78 Å². The summed E-state index contributed by atoms with van der Waals surface area (Å²) < 4.78 is 24.4. The van der Waals surface area contributed by atoms with E-state index in [1.807, 2.05) is 0 Å². The van der Waals surface area contributed by atoms with E-state index >= 15 is 0 Å². The van der Waals surface area contributed by atoms with E-state index in [2.05, 4.69) is 9.97 Å². The summed E-state index contributed by atoms with van der Waals surface area (Å²) in [6, 6.07) is 6.89. The molecule has 1 N–H and O–H groups in total. The molecule has 2 aromatic rings. The van der Waals surface area contributed by atoms with Gasteiger partial charge in [0.25, 0.3) is 6.43 Å². The summed E-state index contributed by atoms with van der Waals surface area (Å²) in [6.45, 7) is 0. The molecule has 78 valence electrons. The highest BCUT2D eigenvalue weighted by atomic mass is 19.3. The molecule has 5 heteroatoms. The maximum atomic E-state index is 12.2. The summed E-state index contributed by atoms with van der Waals surface area (Å²) in [6.07, 6.45) is -3.55. The summed E-state index contributed by atoms with van der Waals surface area (Å²) in [4.78, 5) is 7.83. The zero-order valence-corrected chi connectivity index (χ0v) is 7.64. The van der Waals surface area contributed by atoms with Gasteiger partial charge in [0.1, 0.15) is 0 Å². The van der Waals surface area contributed by atoms with Crippen LogP contribution < -0.4 is 0 Å². The van der Waals surface area contributed by atoms with Crippen LogP contribution in [0, 0.1) is 0 Å². The predicted octanol–water partition coefficient (Wildman–Crippen LogP) is 1.93. The molecule has 0 bridgehead atoms. The third-order valence-electron chi connectivity index (χ3n) is 2.01. The summed E-state index contributed by atoms with van der Waals surface area (Å²) >= 11 is 0. The number of benzene rings is 1. The SMILES string of the molecule is OC(c1cnc2ccccc2n1)C(F)F. The van der Waals surface area contributed by atoms with Gasteiger partial charge >= 0.3 is 0 Å². The van der Waals surface area contributed by atoms with E-state index in [1.165, 1.54) is 6.20 Å². The zero-order chi connectivity index (χ0) is 10.8. The molecule has 3 nitrogen and oxygen atoms in total. The highest BCUT2D eigenvalue weighted by molar-refractivity contribution is 5.73. The van der Waals surface area contributed by atoms with Crippen LogP contribution in [0.3, 0.4) is 0 Å². The van der Waals surface area contributed by atoms with E-state index in [0.29, 0.717) is 11.0 Å². The molecule has 0 radical (unpaired) electrons. The van der Waals surface area contributed by atoms with Gasteiger partial charge in [0.2, 0.25) is 0 Å². The minimum absolute atomic E-state index is 0.108. The average molecular weight is 210 g/mol. The first-order valence-corrected chi connectivity index (χ1v) is 4.36. The van der Waals surface area contributed by atoms with Gasteiger partial charge in [0, 0.05) is 0 Å². The molecule has 1 aromatic heterocycles. The number of aliphatic hydroxyl groups excluding tert-OH is 1. The molecular formula is C10H8F2N2O. The number of aliphatic hydroxyl groups is 1. The van der Waals surface area contributed by atoms with E-state index in [1.54, 1.807) is 24.3 Å². The molecular weight excluding hydrogens is 202 g/mol.